The molecule has 0 fully saturated rings. The van der Waals surface area contributed by atoms with Crippen LogP contribution in [0.25, 0.3) is 10.8 Å². The van der Waals surface area contributed by atoms with E-state index in [0.717, 1.165) is 22.0 Å². The normalized spacial score (nSPS) is 11.7. The molecule has 0 atom stereocenters. The van der Waals surface area contributed by atoms with Crippen molar-refractivity contribution in [1.29, 1.82) is 0 Å². The van der Waals surface area contributed by atoms with Crippen LogP contribution in [0.15, 0.2) is 53.8 Å². The number of aromatic nitrogens is 2. The van der Waals surface area contributed by atoms with Crippen LogP contribution in [-0.4, -0.2) is 15.9 Å². The van der Waals surface area contributed by atoms with Crippen LogP contribution in [0.3, 0.4) is 0 Å². The predicted octanol–water partition coefficient (Wildman–Crippen LogP) is 4.77. The van der Waals surface area contributed by atoms with E-state index in [9.17, 15) is 0 Å². The molecule has 0 radical (unpaired) electrons. The maximum atomic E-state index is 6.02. The Hall–Kier alpha value is -2.17. The number of nitrogens with zero attached hydrogens (tertiary/aromatic N) is 3. The molecule has 0 saturated carbocycles. The van der Waals surface area contributed by atoms with Crippen LogP contribution in [0.5, 0.6) is 0 Å². The van der Waals surface area contributed by atoms with E-state index >= 15 is 0 Å². The van der Waals surface area contributed by atoms with Crippen molar-refractivity contribution in [2.75, 3.05) is 5.43 Å². The lowest BCUT2D eigenvalue weighted by Crippen LogP contribution is -2.02. The Morgan fingerprint density at radius 1 is 1.09 bits per heavy atom. The molecular formula is C16H12Cl2N4. The Morgan fingerprint density at radius 3 is 2.73 bits per heavy atom. The molecule has 110 valence electrons. The average molecular weight is 331 g/mol. The van der Waals surface area contributed by atoms with E-state index in [-0.39, 0.29) is 0 Å². The summed E-state index contributed by atoms with van der Waals surface area (Å²) in [5, 5.41) is 15.4. The number of halogens is 2. The minimum Gasteiger partial charge on any atom is -0.259 e. The lowest BCUT2D eigenvalue weighted by Gasteiger charge is -2.06. The minimum absolute atomic E-state index is 0.499. The molecule has 0 aliphatic carbocycles. The summed E-state index contributed by atoms with van der Waals surface area (Å²) in [6.07, 6.45) is 1.72. The molecule has 0 bridgehead atoms. The van der Waals surface area contributed by atoms with Crippen molar-refractivity contribution in [3.8, 4) is 0 Å². The maximum Gasteiger partial charge on any atom is 0.176 e. The van der Waals surface area contributed by atoms with Crippen molar-refractivity contribution in [1.82, 2.24) is 10.2 Å². The molecule has 0 saturated heterocycles. The van der Waals surface area contributed by atoms with Crippen LogP contribution in [0.1, 0.15) is 12.5 Å². The van der Waals surface area contributed by atoms with Crippen molar-refractivity contribution in [2.24, 2.45) is 5.10 Å². The molecule has 6 heteroatoms. The maximum absolute atomic E-state index is 6.02. The smallest absolute Gasteiger partial charge is 0.176 e. The van der Waals surface area contributed by atoms with Crippen LogP contribution in [-0.2, 0) is 0 Å². The number of hydrogen-bond acceptors (Lipinski definition) is 4. The van der Waals surface area contributed by atoms with E-state index in [1.54, 1.807) is 18.3 Å². The first-order valence-electron chi connectivity index (χ1n) is 6.61. The van der Waals surface area contributed by atoms with E-state index in [0.29, 0.717) is 15.9 Å². The fourth-order valence-electron chi connectivity index (χ4n) is 2.03. The first kappa shape index (κ1) is 14.8. The van der Waals surface area contributed by atoms with Crippen LogP contribution < -0.4 is 5.43 Å². The molecule has 0 spiro atoms. The van der Waals surface area contributed by atoms with E-state index in [2.05, 4.69) is 20.7 Å². The van der Waals surface area contributed by atoms with Crippen LogP contribution in [0.4, 0.5) is 5.82 Å². The number of rotatable bonds is 3. The predicted molar refractivity (Wildman–Crippen MR) is 91.8 cm³/mol. The summed E-state index contributed by atoms with van der Waals surface area (Å²) in [4.78, 5) is 0. The summed E-state index contributed by atoms with van der Waals surface area (Å²) < 4.78 is 0. The third kappa shape index (κ3) is 3.03. The Kier molecular flexibility index (Phi) is 4.22. The van der Waals surface area contributed by atoms with E-state index < -0.39 is 0 Å². The van der Waals surface area contributed by atoms with Gasteiger partial charge in [0.25, 0.3) is 0 Å². The van der Waals surface area contributed by atoms with Gasteiger partial charge in [0.1, 0.15) is 0 Å². The highest BCUT2D eigenvalue weighted by Gasteiger charge is 2.04. The van der Waals surface area contributed by atoms with E-state index in [1.165, 1.54) is 0 Å². The van der Waals surface area contributed by atoms with Gasteiger partial charge in [-0.25, -0.2) is 0 Å². The van der Waals surface area contributed by atoms with Crippen molar-refractivity contribution >= 4 is 45.5 Å². The molecule has 2 aromatic carbocycles. The van der Waals surface area contributed by atoms with Gasteiger partial charge < -0.3 is 0 Å². The van der Waals surface area contributed by atoms with Crippen LogP contribution in [0.2, 0.25) is 10.0 Å². The Bertz CT molecular complexity index is 856. The number of nitrogens with one attached hydrogen (secondary N) is 1. The monoisotopic (exact) mass is 330 g/mol. The molecule has 1 aromatic heterocycles. The van der Waals surface area contributed by atoms with Crippen LogP contribution >= 0.6 is 23.2 Å². The number of benzene rings is 2. The Morgan fingerprint density at radius 2 is 1.91 bits per heavy atom. The largest absolute Gasteiger partial charge is 0.259 e. The quantitative estimate of drug-likeness (QED) is 0.555. The van der Waals surface area contributed by atoms with Gasteiger partial charge in [0.2, 0.25) is 0 Å². The molecule has 0 aliphatic heterocycles. The van der Waals surface area contributed by atoms with Crippen molar-refractivity contribution in [3.05, 3.63) is 64.3 Å². The second kappa shape index (κ2) is 6.30. The zero-order valence-electron chi connectivity index (χ0n) is 11.7. The standard InChI is InChI=1S/C16H12Cl2N4/c1-10(11-6-7-14(17)15(18)8-11)20-22-16-13-5-3-2-4-12(13)9-19-21-16/h2-9H,1H3,(H,21,22)/b20-10-. The number of fused-ring (bicyclic) bond motifs is 1. The van der Waals surface area contributed by atoms with Gasteiger partial charge in [-0.2, -0.15) is 10.2 Å². The summed E-state index contributed by atoms with van der Waals surface area (Å²) in [6, 6.07) is 13.2. The van der Waals surface area contributed by atoms with Gasteiger partial charge >= 0.3 is 0 Å². The van der Waals surface area contributed by atoms with Gasteiger partial charge in [0.15, 0.2) is 5.82 Å². The van der Waals surface area contributed by atoms with Crippen molar-refractivity contribution < 1.29 is 0 Å². The van der Waals surface area contributed by atoms with Gasteiger partial charge in [0, 0.05) is 10.8 Å². The lowest BCUT2D eigenvalue weighted by molar-refractivity contribution is 1.04. The van der Waals surface area contributed by atoms with E-state index in [4.69, 9.17) is 23.2 Å². The highest BCUT2D eigenvalue weighted by atomic mass is 35.5. The second-order valence-corrected chi connectivity index (χ2v) is 5.53. The van der Waals surface area contributed by atoms with Gasteiger partial charge in [-0.3, -0.25) is 5.43 Å². The minimum atomic E-state index is 0.499. The van der Waals surface area contributed by atoms with E-state index in [1.807, 2.05) is 37.3 Å². The highest BCUT2D eigenvalue weighted by molar-refractivity contribution is 6.42. The molecule has 3 rings (SSSR count). The number of hydrogen-bond donors (Lipinski definition) is 1. The number of anilines is 1. The Balaban J connectivity index is 1.90. The molecule has 1 heterocycles. The highest BCUT2D eigenvalue weighted by Crippen LogP contribution is 2.23. The van der Waals surface area contributed by atoms with Crippen LogP contribution in [0, 0.1) is 0 Å². The number of hydrazone groups is 1. The Labute approximate surface area is 137 Å². The van der Waals surface area contributed by atoms with Gasteiger partial charge in [0.05, 0.1) is 22.0 Å². The molecular weight excluding hydrogens is 319 g/mol. The van der Waals surface area contributed by atoms with Crippen molar-refractivity contribution in [3.63, 3.8) is 0 Å². The summed E-state index contributed by atoms with van der Waals surface area (Å²) in [7, 11) is 0. The summed E-state index contributed by atoms with van der Waals surface area (Å²) >= 11 is 11.9. The summed E-state index contributed by atoms with van der Waals surface area (Å²) in [5.41, 5.74) is 4.61. The molecule has 1 N–H and O–H groups in total. The fourth-order valence-corrected chi connectivity index (χ4v) is 2.33. The summed E-state index contributed by atoms with van der Waals surface area (Å²) in [6.45, 7) is 1.88. The summed E-state index contributed by atoms with van der Waals surface area (Å²) in [5.74, 6) is 0.609. The second-order valence-electron chi connectivity index (χ2n) is 4.72. The van der Waals surface area contributed by atoms with Gasteiger partial charge in [-0.1, -0.05) is 53.5 Å². The van der Waals surface area contributed by atoms with Gasteiger partial charge in [-0.05, 0) is 24.6 Å². The topological polar surface area (TPSA) is 50.2 Å². The molecule has 22 heavy (non-hydrogen) atoms. The molecule has 0 aliphatic rings. The fraction of sp³-hybridized carbons (Fsp3) is 0.0625. The van der Waals surface area contributed by atoms with Crippen molar-refractivity contribution in [2.45, 2.75) is 6.92 Å². The zero-order valence-corrected chi connectivity index (χ0v) is 13.2. The average Bonchev–Trinajstić information content (AvgIpc) is 2.55. The molecule has 0 unspecified atom stereocenters. The third-order valence-corrected chi connectivity index (χ3v) is 3.98. The SMILES string of the molecule is C/C(=N/Nc1nncc2ccccc12)c1ccc(Cl)c(Cl)c1. The molecule has 0 amide bonds. The van der Waals surface area contributed by atoms with Gasteiger partial charge in [-0.15, -0.1) is 5.10 Å². The molecule has 4 nitrogen and oxygen atoms in total. The zero-order chi connectivity index (χ0) is 15.5. The first-order valence-corrected chi connectivity index (χ1v) is 7.37. The lowest BCUT2D eigenvalue weighted by atomic mass is 10.1. The third-order valence-electron chi connectivity index (χ3n) is 3.24. The first-order chi connectivity index (χ1) is 10.6. The molecule has 3 aromatic rings.